The summed E-state index contributed by atoms with van der Waals surface area (Å²) in [5.74, 6) is 0. The van der Waals surface area contributed by atoms with Gasteiger partial charge in [-0.15, -0.1) is 0 Å². The first-order valence-corrected chi connectivity index (χ1v) is 7.00. The van der Waals surface area contributed by atoms with Crippen molar-refractivity contribution in [1.82, 2.24) is 10.2 Å². The number of ether oxygens (including phenoxy) is 1. The van der Waals surface area contributed by atoms with Gasteiger partial charge < -0.3 is 9.64 Å². The van der Waals surface area contributed by atoms with E-state index in [0.29, 0.717) is 0 Å². The summed E-state index contributed by atoms with van der Waals surface area (Å²) in [6, 6.07) is 2.38. The molecule has 0 aliphatic heterocycles. The summed E-state index contributed by atoms with van der Waals surface area (Å²) in [7, 11) is 2.10. The fourth-order valence-corrected chi connectivity index (χ4v) is 1.76. The van der Waals surface area contributed by atoms with Gasteiger partial charge in [-0.25, -0.2) is 0 Å². The SMILES string of the molecule is CCCNC(C)(C#N)CCCN(C)CCOCC. The molecular formula is C14H29N3O. The first-order chi connectivity index (χ1) is 8.58. The molecule has 0 aliphatic carbocycles. The highest BCUT2D eigenvalue weighted by molar-refractivity contribution is 5.03. The van der Waals surface area contributed by atoms with E-state index in [1.165, 1.54) is 0 Å². The van der Waals surface area contributed by atoms with Crippen LogP contribution in [0.15, 0.2) is 0 Å². The highest BCUT2D eigenvalue weighted by atomic mass is 16.5. The third-order valence-electron chi connectivity index (χ3n) is 3.05. The molecule has 0 aliphatic rings. The van der Waals surface area contributed by atoms with E-state index in [1.807, 2.05) is 13.8 Å². The molecule has 4 heteroatoms. The Morgan fingerprint density at radius 3 is 2.61 bits per heavy atom. The van der Waals surface area contributed by atoms with Gasteiger partial charge in [0.25, 0.3) is 0 Å². The number of nitrogens with zero attached hydrogens (tertiary/aromatic N) is 2. The molecular weight excluding hydrogens is 226 g/mol. The summed E-state index contributed by atoms with van der Waals surface area (Å²) in [4.78, 5) is 2.26. The maximum atomic E-state index is 9.20. The zero-order valence-electron chi connectivity index (χ0n) is 12.5. The first-order valence-electron chi connectivity index (χ1n) is 7.00. The lowest BCUT2D eigenvalue weighted by Crippen LogP contribution is -2.42. The molecule has 1 atom stereocenters. The predicted octanol–water partition coefficient (Wildman–Crippen LogP) is 2.02. The minimum atomic E-state index is -0.378. The minimum absolute atomic E-state index is 0.378. The Kier molecular flexibility index (Phi) is 9.95. The number of rotatable bonds is 11. The Hall–Kier alpha value is -0.630. The van der Waals surface area contributed by atoms with Crippen LogP contribution < -0.4 is 5.32 Å². The first kappa shape index (κ1) is 17.4. The summed E-state index contributed by atoms with van der Waals surface area (Å²) < 4.78 is 5.32. The third-order valence-corrected chi connectivity index (χ3v) is 3.05. The van der Waals surface area contributed by atoms with Crippen molar-refractivity contribution >= 4 is 0 Å². The fraction of sp³-hybridized carbons (Fsp3) is 0.929. The molecule has 0 fully saturated rings. The van der Waals surface area contributed by atoms with Crippen LogP contribution in [0.1, 0.15) is 40.0 Å². The maximum absolute atomic E-state index is 9.20. The molecule has 0 aromatic rings. The number of nitriles is 1. The Balaban J connectivity index is 3.76. The second-order valence-electron chi connectivity index (χ2n) is 4.97. The van der Waals surface area contributed by atoms with Crippen LogP contribution >= 0.6 is 0 Å². The number of hydrogen-bond acceptors (Lipinski definition) is 4. The van der Waals surface area contributed by atoms with Gasteiger partial charge in [0.1, 0.15) is 5.54 Å². The molecule has 0 saturated carbocycles. The van der Waals surface area contributed by atoms with Gasteiger partial charge in [0.15, 0.2) is 0 Å². The number of hydrogen-bond donors (Lipinski definition) is 1. The van der Waals surface area contributed by atoms with E-state index in [4.69, 9.17) is 4.74 Å². The van der Waals surface area contributed by atoms with E-state index in [0.717, 1.165) is 52.1 Å². The summed E-state index contributed by atoms with van der Waals surface area (Å²) >= 11 is 0. The van der Waals surface area contributed by atoms with Crippen LogP contribution in [-0.2, 0) is 4.74 Å². The molecule has 0 rings (SSSR count). The summed E-state index contributed by atoms with van der Waals surface area (Å²) in [5, 5.41) is 12.5. The van der Waals surface area contributed by atoms with Crippen molar-refractivity contribution in [2.24, 2.45) is 0 Å². The van der Waals surface area contributed by atoms with Gasteiger partial charge in [-0.2, -0.15) is 5.26 Å². The van der Waals surface area contributed by atoms with E-state index in [1.54, 1.807) is 0 Å². The molecule has 0 aromatic heterocycles. The lowest BCUT2D eigenvalue weighted by Gasteiger charge is -2.24. The van der Waals surface area contributed by atoms with E-state index in [2.05, 4.69) is 30.3 Å². The Bertz CT molecular complexity index is 240. The molecule has 1 N–H and O–H groups in total. The zero-order chi connectivity index (χ0) is 13.9. The van der Waals surface area contributed by atoms with Crippen molar-refractivity contribution in [1.29, 1.82) is 5.26 Å². The minimum Gasteiger partial charge on any atom is -0.380 e. The van der Waals surface area contributed by atoms with Crippen LogP contribution in [0, 0.1) is 11.3 Å². The third kappa shape index (κ3) is 8.46. The maximum Gasteiger partial charge on any atom is 0.103 e. The van der Waals surface area contributed by atoms with Gasteiger partial charge in [-0.05, 0) is 53.2 Å². The van der Waals surface area contributed by atoms with Crippen molar-refractivity contribution < 1.29 is 4.74 Å². The molecule has 0 bridgehead atoms. The molecule has 0 amide bonds. The molecule has 0 spiro atoms. The number of likely N-dealkylation sites (N-methyl/N-ethyl adjacent to an activating group) is 1. The van der Waals surface area contributed by atoms with Gasteiger partial charge in [0, 0.05) is 13.2 Å². The quantitative estimate of drug-likeness (QED) is 0.574. The highest BCUT2D eigenvalue weighted by Gasteiger charge is 2.21. The van der Waals surface area contributed by atoms with E-state index < -0.39 is 0 Å². The molecule has 4 nitrogen and oxygen atoms in total. The van der Waals surface area contributed by atoms with Gasteiger partial charge in [0.2, 0.25) is 0 Å². The summed E-state index contributed by atoms with van der Waals surface area (Å²) in [5.41, 5.74) is -0.378. The largest absolute Gasteiger partial charge is 0.380 e. The van der Waals surface area contributed by atoms with Crippen LogP contribution in [0.3, 0.4) is 0 Å². The molecule has 1 unspecified atom stereocenters. The van der Waals surface area contributed by atoms with E-state index in [-0.39, 0.29) is 5.54 Å². The van der Waals surface area contributed by atoms with Crippen LogP contribution in [0.25, 0.3) is 0 Å². The zero-order valence-corrected chi connectivity index (χ0v) is 12.5. The lowest BCUT2D eigenvalue weighted by atomic mass is 9.97. The molecule has 0 heterocycles. The normalized spacial score (nSPS) is 14.4. The van der Waals surface area contributed by atoms with E-state index in [9.17, 15) is 5.26 Å². The monoisotopic (exact) mass is 255 g/mol. The smallest absolute Gasteiger partial charge is 0.103 e. The van der Waals surface area contributed by atoms with Crippen LogP contribution in [0.4, 0.5) is 0 Å². The average molecular weight is 255 g/mol. The Morgan fingerprint density at radius 2 is 2.06 bits per heavy atom. The second kappa shape index (κ2) is 10.3. The molecule has 0 radical (unpaired) electrons. The van der Waals surface area contributed by atoms with Crippen molar-refractivity contribution in [2.75, 3.05) is 39.9 Å². The summed E-state index contributed by atoms with van der Waals surface area (Å²) in [6.45, 7) is 10.6. The Labute approximate surface area is 112 Å². The van der Waals surface area contributed by atoms with Crippen LogP contribution in [-0.4, -0.2) is 50.3 Å². The molecule has 106 valence electrons. The van der Waals surface area contributed by atoms with Crippen LogP contribution in [0.2, 0.25) is 0 Å². The summed E-state index contributed by atoms with van der Waals surface area (Å²) in [6.07, 6.45) is 2.98. The van der Waals surface area contributed by atoms with Crippen LogP contribution in [0.5, 0.6) is 0 Å². The second-order valence-corrected chi connectivity index (χ2v) is 4.97. The molecule has 0 aromatic carbocycles. The van der Waals surface area contributed by atoms with Gasteiger partial charge in [-0.1, -0.05) is 6.92 Å². The van der Waals surface area contributed by atoms with Gasteiger partial charge in [-0.3, -0.25) is 5.32 Å². The standard InChI is InChI=1S/C14H29N3O/c1-5-9-16-14(3,13-15)8-7-10-17(4)11-12-18-6-2/h16H,5-12H2,1-4H3. The fourth-order valence-electron chi connectivity index (χ4n) is 1.76. The lowest BCUT2D eigenvalue weighted by molar-refractivity contribution is 0.121. The molecule has 0 saturated heterocycles. The Morgan fingerprint density at radius 1 is 1.33 bits per heavy atom. The van der Waals surface area contributed by atoms with Gasteiger partial charge in [0.05, 0.1) is 12.7 Å². The predicted molar refractivity (Wildman–Crippen MR) is 75.5 cm³/mol. The van der Waals surface area contributed by atoms with E-state index >= 15 is 0 Å². The van der Waals surface area contributed by atoms with Gasteiger partial charge >= 0.3 is 0 Å². The molecule has 18 heavy (non-hydrogen) atoms. The van der Waals surface area contributed by atoms with Crippen molar-refractivity contribution in [3.63, 3.8) is 0 Å². The highest BCUT2D eigenvalue weighted by Crippen LogP contribution is 2.11. The van der Waals surface area contributed by atoms with Crippen molar-refractivity contribution in [3.05, 3.63) is 0 Å². The van der Waals surface area contributed by atoms with Crippen molar-refractivity contribution in [2.45, 2.75) is 45.6 Å². The average Bonchev–Trinajstić information content (AvgIpc) is 2.37. The number of nitrogens with one attached hydrogen (secondary N) is 1. The van der Waals surface area contributed by atoms with Crippen molar-refractivity contribution in [3.8, 4) is 6.07 Å². The topological polar surface area (TPSA) is 48.3 Å².